The third kappa shape index (κ3) is 3.55. The van der Waals surface area contributed by atoms with Crippen LogP contribution in [-0.4, -0.2) is 13.3 Å². The van der Waals surface area contributed by atoms with Crippen molar-refractivity contribution in [2.24, 2.45) is 0 Å². The molecule has 9 heteroatoms. The number of nitro benzene ring substituents is 1. The van der Waals surface area contributed by atoms with Crippen molar-refractivity contribution in [3.63, 3.8) is 0 Å². The quantitative estimate of drug-likeness (QED) is 0.389. The Bertz CT molecular complexity index is 845. The predicted molar refractivity (Wildman–Crippen MR) is 81.8 cm³/mol. The lowest BCUT2D eigenvalue weighted by Crippen LogP contribution is -2.14. The molecule has 0 unspecified atom stereocenters. The fourth-order valence-electron chi connectivity index (χ4n) is 1.67. The Morgan fingerprint density at radius 2 is 1.86 bits per heavy atom. The SMILES string of the molecule is N#CSc1ccc(NS(=O)(=O)c2ccccc2)c([N+](=O)[O-])c1. The molecule has 2 aromatic rings. The first kappa shape index (κ1) is 15.8. The van der Waals surface area contributed by atoms with Crippen molar-refractivity contribution in [2.45, 2.75) is 9.79 Å². The zero-order chi connectivity index (χ0) is 16.2. The third-order valence-corrected chi connectivity index (χ3v) is 4.59. The molecule has 2 rings (SSSR count). The standard InChI is InChI=1S/C13H9N3O4S2/c14-9-21-10-6-7-12(13(8-10)16(17)18)15-22(19,20)11-4-2-1-3-5-11/h1-8,15H. The van der Waals surface area contributed by atoms with E-state index < -0.39 is 20.6 Å². The van der Waals surface area contributed by atoms with Crippen molar-refractivity contribution < 1.29 is 13.3 Å². The molecule has 2 aromatic carbocycles. The number of nitro groups is 1. The first-order valence-corrected chi connectivity index (χ1v) is 8.16. The maximum atomic E-state index is 12.2. The summed E-state index contributed by atoms with van der Waals surface area (Å²) in [5, 5.41) is 21.5. The number of rotatable bonds is 5. The maximum absolute atomic E-state index is 12.2. The van der Waals surface area contributed by atoms with Crippen molar-refractivity contribution in [1.82, 2.24) is 0 Å². The minimum Gasteiger partial charge on any atom is -0.273 e. The van der Waals surface area contributed by atoms with Crippen LogP contribution >= 0.6 is 11.8 Å². The van der Waals surface area contributed by atoms with Crippen molar-refractivity contribution in [2.75, 3.05) is 4.72 Å². The molecule has 0 atom stereocenters. The van der Waals surface area contributed by atoms with Gasteiger partial charge in [-0.15, -0.1) is 0 Å². The third-order valence-electron chi connectivity index (χ3n) is 2.63. The zero-order valence-electron chi connectivity index (χ0n) is 11.0. The van der Waals surface area contributed by atoms with Crippen molar-refractivity contribution in [1.29, 1.82) is 5.26 Å². The summed E-state index contributed by atoms with van der Waals surface area (Å²) in [6.45, 7) is 0. The number of hydrogen-bond acceptors (Lipinski definition) is 6. The fourth-order valence-corrected chi connectivity index (χ4v) is 3.18. The van der Waals surface area contributed by atoms with Crippen LogP contribution < -0.4 is 4.72 Å². The summed E-state index contributed by atoms with van der Waals surface area (Å²) < 4.78 is 26.6. The van der Waals surface area contributed by atoms with Crippen LogP contribution in [0, 0.1) is 20.8 Å². The number of benzene rings is 2. The molecule has 0 saturated heterocycles. The topological polar surface area (TPSA) is 113 Å². The number of sulfonamides is 1. The van der Waals surface area contributed by atoms with Crippen LogP contribution in [0.15, 0.2) is 58.3 Å². The summed E-state index contributed by atoms with van der Waals surface area (Å²) in [7, 11) is -3.92. The Morgan fingerprint density at radius 1 is 1.18 bits per heavy atom. The molecule has 22 heavy (non-hydrogen) atoms. The number of hydrogen-bond donors (Lipinski definition) is 1. The van der Waals surface area contributed by atoms with E-state index in [1.165, 1.54) is 24.3 Å². The largest absolute Gasteiger partial charge is 0.294 e. The number of thiocyanates is 1. The van der Waals surface area contributed by atoms with Gasteiger partial charge in [-0.2, -0.15) is 5.26 Å². The Labute approximate surface area is 130 Å². The van der Waals surface area contributed by atoms with Crippen LogP contribution in [0.25, 0.3) is 0 Å². The highest BCUT2D eigenvalue weighted by atomic mass is 32.2. The van der Waals surface area contributed by atoms with Gasteiger partial charge in [0.1, 0.15) is 11.1 Å². The Balaban J connectivity index is 2.41. The first-order valence-electron chi connectivity index (χ1n) is 5.86. The van der Waals surface area contributed by atoms with Crippen LogP contribution in [0.5, 0.6) is 0 Å². The summed E-state index contributed by atoms with van der Waals surface area (Å²) >= 11 is 0.754. The highest BCUT2D eigenvalue weighted by molar-refractivity contribution is 8.03. The summed E-state index contributed by atoms with van der Waals surface area (Å²) in [6.07, 6.45) is 0. The number of nitriles is 1. The van der Waals surface area contributed by atoms with Crippen molar-refractivity contribution in [3.05, 3.63) is 58.6 Å². The normalized spacial score (nSPS) is 10.7. The molecule has 0 spiro atoms. The lowest BCUT2D eigenvalue weighted by atomic mass is 10.3. The minimum absolute atomic E-state index is 0.000209. The van der Waals surface area contributed by atoms with Gasteiger partial charge in [0.2, 0.25) is 0 Å². The zero-order valence-corrected chi connectivity index (χ0v) is 12.6. The maximum Gasteiger partial charge on any atom is 0.294 e. The summed E-state index contributed by atoms with van der Waals surface area (Å²) in [4.78, 5) is 10.7. The minimum atomic E-state index is -3.92. The number of nitrogens with one attached hydrogen (secondary N) is 1. The first-order chi connectivity index (χ1) is 10.4. The van der Waals surface area contributed by atoms with E-state index in [2.05, 4.69) is 4.72 Å². The molecule has 0 aliphatic rings. The molecular weight excluding hydrogens is 326 g/mol. The monoisotopic (exact) mass is 335 g/mol. The molecule has 7 nitrogen and oxygen atoms in total. The van der Waals surface area contributed by atoms with E-state index in [4.69, 9.17) is 5.26 Å². The smallest absolute Gasteiger partial charge is 0.273 e. The summed E-state index contributed by atoms with van der Waals surface area (Å²) in [5.74, 6) is 0. The molecule has 0 aromatic heterocycles. The van der Waals surface area contributed by atoms with Crippen LogP contribution in [-0.2, 0) is 10.0 Å². The molecule has 0 radical (unpaired) electrons. The average Bonchev–Trinajstić information content (AvgIpc) is 2.49. The molecule has 0 aliphatic heterocycles. The van der Waals surface area contributed by atoms with Crippen molar-refractivity contribution >= 4 is 33.2 Å². The number of thioether (sulfide) groups is 1. The molecule has 0 saturated carbocycles. The van der Waals surface area contributed by atoms with Gasteiger partial charge >= 0.3 is 0 Å². The molecule has 0 amide bonds. The molecule has 1 N–H and O–H groups in total. The second-order valence-corrected chi connectivity index (χ2v) is 6.59. The number of nitrogens with zero attached hydrogens (tertiary/aromatic N) is 2. The van der Waals surface area contributed by atoms with Gasteiger partial charge in [0.15, 0.2) is 0 Å². The van der Waals surface area contributed by atoms with Gasteiger partial charge < -0.3 is 0 Å². The number of anilines is 1. The van der Waals surface area contributed by atoms with Crippen LogP contribution in [0.2, 0.25) is 0 Å². The lowest BCUT2D eigenvalue weighted by molar-refractivity contribution is -0.384. The highest BCUT2D eigenvalue weighted by Crippen LogP contribution is 2.31. The summed E-state index contributed by atoms with van der Waals surface area (Å²) in [5.41, 5.74) is -0.573. The van der Waals surface area contributed by atoms with E-state index in [1.807, 2.05) is 0 Å². The van der Waals surface area contributed by atoms with Gasteiger partial charge in [-0.25, -0.2) is 8.42 Å². The van der Waals surface area contributed by atoms with E-state index in [-0.39, 0.29) is 10.6 Å². The van der Waals surface area contributed by atoms with E-state index in [0.717, 1.165) is 17.8 Å². The second kappa shape index (κ2) is 6.46. The van der Waals surface area contributed by atoms with Crippen LogP contribution in [0.3, 0.4) is 0 Å². The van der Waals surface area contributed by atoms with Crippen LogP contribution in [0.4, 0.5) is 11.4 Å². The molecule has 0 fully saturated rings. The van der Waals surface area contributed by atoms with Gasteiger partial charge in [0.05, 0.1) is 9.82 Å². The average molecular weight is 335 g/mol. The second-order valence-electron chi connectivity index (χ2n) is 4.05. The molecular formula is C13H9N3O4S2. The van der Waals surface area contributed by atoms with Gasteiger partial charge in [-0.1, -0.05) is 18.2 Å². The van der Waals surface area contributed by atoms with Gasteiger partial charge in [0.25, 0.3) is 15.7 Å². The van der Waals surface area contributed by atoms with E-state index >= 15 is 0 Å². The van der Waals surface area contributed by atoms with Crippen LogP contribution in [0.1, 0.15) is 0 Å². The summed E-state index contributed by atoms with van der Waals surface area (Å²) in [6, 6.07) is 11.4. The van der Waals surface area contributed by atoms with E-state index in [0.29, 0.717) is 4.90 Å². The van der Waals surface area contributed by atoms with Crippen molar-refractivity contribution in [3.8, 4) is 5.40 Å². The Morgan fingerprint density at radius 3 is 2.45 bits per heavy atom. The molecule has 112 valence electrons. The van der Waals surface area contributed by atoms with Gasteiger partial charge in [0, 0.05) is 11.0 Å². The molecule has 0 aliphatic carbocycles. The van der Waals surface area contributed by atoms with E-state index in [9.17, 15) is 18.5 Å². The molecule has 0 bridgehead atoms. The van der Waals surface area contributed by atoms with E-state index in [1.54, 1.807) is 23.6 Å². The fraction of sp³-hybridized carbons (Fsp3) is 0. The van der Waals surface area contributed by atoms with Gasteiger partial charge in [-0.3, -0.25) is 14.8 Å². The Kier molecular flexibility index (Phi) is 4.65. The predicted octanol–water partition coefficient (Wildman–Crippen LogP) is 2.97. The van der Waals surface area contributed by atoms with Gasteiger partial charge in [-0.05, 0) is 36.0 Å². The lowest BCUT2D eigenvalue weighted by Gasteiger charge is -2.09. The highest BCUT2D eigenvalue weighted by Gasteiger charge is 2.21. The molecule has 0 heterocycles. The Hall–Kier alpha value is -2.57.